The molecular weight excluding hydrogens is 383 g/mol. The molecule has 5 rings (SSSR count). The van der Waals surface area contributed by atoms with Crippen LogP contribution in [0.15, 0.2) is 36.4 Å². The maximum absolute atomic E-state index is 14.1. The Kier molecular flexibility index (Phi) is 5.29. The Morgan fingerprint density at radius 3 is 2.70 bits per heavy atom. The Balaban J connectivity index is 1.24. The molecule has 2 fully saturated rings. The van der Waals surface area contributed by atoms with Crippen molar-refractivity contribution in [2.24, 2.45) is 5.41 Å². The van der Waals surface area contributed by atoms with Crippen LogP contribution < -0.4 is 14.2 Å². The molecular formula is C24H29FN2O3. The van der Waals surface area contributed by atoms with E-state index in [0.717, 1.165) is 49.8 Å². The molecule has 3 aliphatic heterocycles. The first-order valence-electron chi connectivity index (χ1n) is 10.8. The van der Waals surface area contributed by atoms with E-state index in [0.29, 0.717) is 17.7 Å². The Morgan fingerprint density at radius 1 is 1.03 bits per heavy atom. The zero-order valence-electron chi connectivity index (χ0n) is 17.5. The van der Waals surface area contributed by atoms with Crippen LogP contribution in [-0.2, 0) is 13.1 Å². The molecule has 0 bridgehead atoms. The van der Waals surface area contributed by atoms with Gasteiger partial charge in [-0.15, -0.1) is 0 Å². The summed E-state index contributed by atoms with van der Waals surface area (Å²) in [6.45, 7) is 6.09. The zero-order valence-corrected chi connectivity index (χ0v) is 17.5. The van der Waals surface area contributed by atoms with Gasteiger partial charge >= 0.3 is 0 Å². The molecule has 5 nitrogen and oxygen atoms in total. The molecule has 3 aliphatic rings. The first-order chi connectivity index (χ1) is 14.6. The van der Waals surface area contributed by atoms with E-state index in [1.165, 1.54) is 24.8 Å². The molecule has 1 atom stereocenters. The molecule has 0 amide bonds. The van der Waals surface area contributed by atoms with E-state index in [9.17, 15) is 4.39 Å². The zero-order chi connectivity index (χ0) is 20.6. The number of likely N-dealkylation sites (tertiary alicyclic amines) is 2. The topological polar surface area (TPSA) is 34.2 Å². The summed E-state index contributed by atoms with van der Waals surface area (Å²) in [5, 5.41) is 0. The van der Waals surface area contributed by atoms with Gasteiger partial charge < -0.3 is 14.2 Å². The molecule has 0 N–H and O–H groups in total. The summed E-state index contributed by atoms with van der Waals surface area (Å²) in [6, 6.07) is 11.3. The van der Waals surface area contributed by atoms with Crippen molar-refractivity contribution in [1.29, 1.82) is 0 Å². The predicted octanol–water partition coefficient (Wildman–Crippen LogP) is 4.05. The minimum Gasteiger partial charge on any atom is -0.493 e. The fraction of sp³-hybridized carbons (Fsp3) is 0.500. The van der Waals surface area contributed by atoms with Gasteiger partial charge in [0.1, 0.15) is 5.82 Å². The number of fused-ring (bicyclic) bond motifs is 1. The van der Waals surface area contributed by atoms with Crippen LogP contribution in [0.2, 0.25) is 0 Å². The fourth-order valence-corrected chi connectivity index (χ4v) is 5.34. The van der Waals surface area contributed by atoms with E-state index < -0.39 is 0 Å². The minimum atomic E-state index is -0.0954. The van der Waals surface area contributed by atoms with Gasteiger partial charge in [-0.3, -0.25) is 9.80 Å². The highest BCUT2D eigenvalue weighted by Gasteiger charge is 2.41. The van der Waals surface area contributed by atoms with Crippen LogP contribution in [-0.4, -0.2) is 49.9 Å². The Bertz CT molecular complexity index is 921. The molecule has 0 unspecified atom stereocenters. The molecule has 0 radical (unpaired) electrons. The molecule has 0 aliphatic carbocycles. The van der Waals surface area contributed by atoms with E-state index in [1.54, 1.807) is 19.2 Å². The maximum atomic E-state index is 14.1. The summed E-state index contributed by atoms with van der Waals surface area (Å²) in [6.07, 6.45) is 3.63. The van der Waals surface area contributed by atoms with E-state index in [1.807, 2.05) is 12.1 Å². The predicted molar refractivity (Wildman–Crippen MR) is 112 cm³/mol. The first-order valence-corrected chi connectivity index (χ1v) is 10.8. The van der Waals surface area contributed by atoms with Crippen molar-refractivity contribution in [3.8, 4) is 17.2 Å². The quantitative estimate of drug-likeness (QED) is 0.740. The van der Waals surface area contributed by atoms with Crippen LogP contribution in [0.3, 0.4) is 0 Å². The highest BCUT2D eigenvalue weighted by molar-refractivity contribution is 5.55. The number of hydrogen-bond acceptors (Lipinski definition) is 5. The molecule has 30 heavy (non-hydrogen) atoms. The van der Waals surface area contributed by atoms with Gasteiger partial charge in [-0.05, 0) is 61.5 Å². The molecule has 2 saturated heterocycles. The van der Waals surface area contributed by atoms with Crippen molar-refractivity contribution in [3.05, 3.63) is 53.3 Å². The Morgan fingerprint density at radius 2 is 1.87 bits per heavy atom. The summed E-state index contributed by atoms with van der Waals surface area (Å²) in [4.78, 5) is 4.97. The van der Waals surface area contributed by atoms with Crippen LogP contribution in [0.1, 0.15) is 30.4 Å². The summed E-state index contributed by atoms with van der Waals surface area (Å²) < 4.78 is 30.7. The number of piperidine rings is 1. The van der Waals surface area contributed by atoms with Gasteiger partial charge in [-0.2, -0.15) is 0 Å². The average Bonchev–Trinajstić information content (AvgIpc) is 3.36. The number of hydrogen-bond donors (Lipinski definition) is 0. The Labute approximate surface area is 177 Å². The van der Waals surface area contributed by atoms with Crippen molar-refractivity contribution in [2.45, 2.75) is 32.4 Å². The standard InChI is InChI=1S/C24H29FN2O3/c1-28-21-11-18(12-22-23(21)30-17-29-22)13-27-10-8-24(16-27)7-4-9-26(15-24)14-19-5-2-3-6-20(19)25/h2-3,5-6,11-12H,4,7-10,13-17H2,1H3/t24-/m0/s1. The second kappa shape index (κ2) is 8.08. The van der Waals surface area contributed by atoms with E-state index in [4.69, 9.17) is 14.2 Å². The largest absolute Gasteiger partial charge is 0.493 e. The third-order valence-electron chi connectivity index (χ3n) is 6.73. The van der Waals surface area contributed by atoms with Crippen molar-refractivity contribution >= 4 is 0 Å². The van der Waals surface area contributed by atoms with Gasteiger partial charge in [0.05, 0.1) is 7.11 Å². The maximum Gasteiger partial charge on any atom is 0.231 e. The number of benzene rings is 2. The summed E-state index contributed by atoms with van der Waals surface area (Å²) in [7, 11) is 1.66. The van der Waals surface area contributed by atoms with E-state index in [2.05, 4.69) is 21.9 Å². The number of halogens is 1. The van der Waals surface area contributed by atoms with Crippen LogP contribution in [0.4, 0.5) is 4.39 Å². The smallest absolute Gasteiger partial charge is 0.231 e. The molecule has 160 valence electrons. The average molecular weight is 413 g/mol. The third-order valence-corrected chi connectivity index (χ3v) is 6.73. The van der Waals surface area contributed by atoms with Crippen LogP contribution in [0, 0.1) is 11.2 Å². The molecule has 0 saturated carbocycles. The summed E-state index contributed by atoms with van der Waals surface area (Å²) >= 11 is 0. The number of rotatable bonds is 5. The van der Waals surface area contributed by atoms with Crippen LogP contribution >= 0.6 is 0 Å². The molecule has 2 aromatic rings. The lowest BCUT2D eigenvalue weighted by Crippen LogP contribution is -2.44. The van der Waals surface area contributed by atoms with Gasteiger partial charge in [0, 0.05) is 31.7 Å². The van der Waals surface area contributed by atoms with E-state index in [-0.39, 0.29) is 12.6 Å². The van der Waals surface area contributed by atoms with Crippen LogP contribution in [0.5, 0.6) is 17.2 Å². The first kappa shape index (κ1) is 19.6. The second-order valence-electron chi connectivity index (χ2n) is 8.90. The monoisotopic (exact) mass is 412 g/mol. The highest BCUT2D eigenvalue weighted by atomic mass is 19.1. The number of methoxy groups -OCH3 is 1. The molecule has 0 aromatic heterocycles. The Hall–Kier alpha value is -2.31. The third kappa shape index (κ3) is 3.86. The van der Waals surface area contributed by atoms with Gasteiger partial charge in [-0.25, -0.2) is 4.39 Å². The van der Waals surface area contributed by atoms with Crippen molar-refractivity contribution in [1.82, 2.24) is 9.80 Å². The summed E-state index contributed by atoms with van der Waals surface area (Å²) in [5.74, 6) is 2.12. The highest BCUT2D eigenvalue weighted by Crippen LogP contribution is 2.43. The summed E-state index contributed by atoms with van der Waals surface area (Å²) in [5.41, 5.74) is 2.30. The van der Waals surface area contributed by atoms with Crippen molar-refractivity contribution in [2.75, 3.05) is 40.1 Å². The number of ether oxygens (including phenoxy) is 3. The minimum absolute atomic E-state index is 0.0954. The lowest BCUT2D eigenvalue weighted by molar-refractivity contribution is 0.0858. The molecule has 1 spiro atoms. The van der Waals surface area contributed by atoms with E-state index >= 15 is 0 Å². The SMILES string of the molecule is COc1cc(CN2CC[C@]3(CCCN(Cc4ccccc4F)C3)C2)cc2c1OCO2. The lowest BCUT2D eigenvalue weighted by Gasteiger charge is -2.40. The molecule has 6 heteroatoms. The molecule has 3 heterocycles. The fourth-order valence-electron chi connectivity index (χ4n) is 5.34. The van der Waals surface area contributed by atoms with Crippen LogP contribution in [0.25, 0.3) is 0 Å². The lowest BCUT2D eigenvalue weighted by atomic mass is 9.79. The molecule has 2 aromatic carbocycles. The van der Waals surface area contributed by atoms with Gasteiger partial charge in [-0.1, -0.05) is 18.2 Å². The van der Waals surface area contributed by atoms with Crippen molar-refractivity contribution in [3.63, 3.8) is 0 Å². The van der Waals surface area contributed by atoms with Crippen molar-refractivity contribution < 1.29 is 18.6 Å². The second-order valence-corrected chi connectivity index (χ2v) is 8.90. The van der Waals surface area contributed by atoms with Gasteiger partial charge in [0.2, 0.25) is 12.5 Å². The van der Waals surface area contributed by atoms with Gasteiger partial charge in [0.25, 0.3) is 0 Å². The normalized spacial score (nSPS) is 23.9. The van der Waals surface area contributed by atoms with Gasteiger partial charge in [0.15, 0.2) is 11.5 Å². The number of nitrogens with zero attached hydrogens (tertiary/aromatic N) is 2.